The molecule has 2 amide bonds. The smallest absolute Gasteiger partial charge is 0.319 e. The molecule has 1 aromatic rings. The third kappa shape index (κ3) is 4.30. The molecule has 0 bridgehead atoms. The van der Waals surface area contributed by atoms with Gasteiger partial charge in [-0.3, -0.25) is 0 Å². The molecule has 0 aliphatic heterocycles. The summed E-state index contributed by atoms with van der Waals surface area (Å²) in [5.74, 6) is 0.648. The maximum atomic E-state index is 11.8. The second kappa shape index (κ2) is 7.39. The van der Waals surface area contributed by atoms with Crippen LogP contribution >= 0.6 is 11.6 Å². The van der Waals surface area contributed by atoms with E-state index in [0.717, 1.165) is 19.3 Å². The fraction of sp³-hybridized carbons (Fsp3) is 0.533. The second-order valence-corrected chi connectivity index (χ2v) is 5.48. The number of benzene rings is 1. The largest absolute Gasteiger partial charge is 0.492 e. The van der Waals surface area contributed by atoms with E-state index in [2.05, 4.69) is 10.6 Å². The summed E-state index contributed by atoms with van der Waals surface area (Å²) in [5.41, 5.74) is 0.675. The zero-order chi connectivity index (χ0) is 14.4. The van der Waals surface area contributed by atoms with Crippen LogP contribution in [0.15, 0.2) is 18.2 Å². The number of hydrogen-bond acceptors (Lipinski definition) is 2. The predicted octanol–water partition coefficient (Wildman–Crippen LogP) is 4.19. The van der Waals surface area contributed by atoms with E-state index in [9.17, 15) is 4.79 Å². The number of amides is 2. The minimum absolute atomic E-state index is 0.171. The van der Waals surface area contributed by atoms with Crippen molar-refractivity contribution in [2.75, 3.05) is 11.9 Å². The Kier molecular flexibility index (Phi) is 5.53. The van der Waals surface area contributed by atoms with Crippen LogP contribution in [-0.4, -0.2) is 18.7 Å². The monoisotopic (exact) mass is 296 g/mol. The van der Waals surface area contributed by atoms with Crippen LogP contribution in [-0.2, 0) is 0 Å². The molecule has 20 heavy (non-hydrogen) atoms. The van der Waals surface area contributed by atoms with Gasteiger partial charge in [-0.15, -0.1) is 0 Å². The van der Waals surface area contributed by atoms with Crippen LogP contribution in [0.4, 0.5) is 10.5 Å². The lowest BCUT2D eigenvalue weighted by Gasteiger charge is -2.14. The Hall–Kier alpha value is -1.42. The number of ether oxygens (including phenoxy) is 1. The number of carbonyl (C=O) groups excluding carboxylic acids is 1. The van der Waals surface area contributed by atoms with Gasteiger partial charge in [-0.25, -0.2) is 4.79 Å². The summed E-state index contributed by atoms with van der Waals surface area (Å²) in [6.07, 6.45) is 5.45. The first-order chi connectivity index (χ1) is 9.69. The molecule has 1 fully saturated rings. The summed E-state index contributed by atoms with van der Waals surface area (Å²) in [6, 6.07) is 5.42. The van der Waals surface area contributed by atoms with Crippen LogP contribution in [0.25, 0.3) is 0 Å². The van der Waals surface area contributed by atoms with Gasteiger partial charge in [-0.1, -0.05) is 31.4 Å². The molecule has 0 atom stereocenters. The number of halogens is 1. The highest BCUT2D eigenvalue weighted by atomic mass is 35.5. The first-order valence-corrected chi connectivity index (χ1v) is 7.56. The van der Waals surface area contributed by atoms with E-state index in [-0.39, 0.29) is 6.03 Å². The third-order valence-electron chi connectivity index (χ3n) is 3.34. The van der Waals surface area contributed by atoms with E-state index >= 15 is 0 Å². The number of hydrogen-bond donors (Lipinski definition) is 2. The number of rotatable bonds is 5. The van der Waals surface area contributed by atoms with Crippen molar-refractivity contribution < 1.29 is 9.53 Å². The van der Waals surface area contributed by atoms with Crippen molar-refractivity contribution >= 4 is 23.3 Å². The van der Waals surface area contributed by atoms with Crippen molar-refractivity contribution in [2.45, 2.75) is 45.1 Å². The number of nitrogens with one attached hydrogen (secondary N) is 2. The molecule has 0 saturated heterocycles. The van der Waals surface area contributed by atoms with Gasteiger partial charge in [0.2, 0.25) is 0 Å². The molecule has 0 radical (unpaired) electrons. The van der Waals surface area contributed by atoms with Crippen molar-refractivity contribution in [1.29, 1.82) is 0 Å². The number of anilines is 1. The standard InChI is InChI=1S/C15H21ClN2O2/c1-2-9-20-14-8-7-12(10-13(14)16)18-15(19)17-11-5-3-4-6-11/h7-8,10-11H,2-6,9H2,1H3,(H2,17,18,19). The van der Waals surface area contributed by atoms with Crippen molar-refractivity contribution in [3.05, 3.63) is 23.2 Å². The van der Waals surface area contributed by atoms with Gasteiger partial charge in [-0.2, -0.15) is 0 Å². The highest BCUT2D eigenvalue weighted by molar-refractivity contribution is 6.32. The molecule has 0 heterocycles. The molecule has 2 rings (SSSR count). The topological polar surface area (TPSA) is 50.4 Å². The second-order valence-electron chi connectivity index (χ2n) is 5.07. The molecule has 0 aromatic heterocycles. The Morgan fingerprint density at radius 2 is 2.15 bits per heavy atom. The lowest BCUT2D eigenvalue weighted by molar-refractivity contribution is 0.248. The first kappa shape index (κ1) is 15.0. The predicted molar refractivity (Wildman–Crippen MR) is 81.6 cm³/mol. The van der Waals surface area contributed by atoms with Gasteiger partial charge in [0.05, 0.1) is 11.6 Å². The Balaban J connectivity index is 1.88. The van der Waals surface area contributed by atoms with E-state index in [1.807, 2.05) is 6.92 Å². The minimum Gasteiger partial charge on any atom is -0.492 e. The Morgan fingerprint density at radius 1 is 1.40 bits per heavy atom. The Morgan fingerprint density at radius 3 is 2.80 bits per heavy atom. The van der Waals surface area contributed by atoms with Crippen LogP contribution in [0.5, 0.6) is 5.75 Å². The van der Waals surface area contributed by atoms with E-state index in [1.165, 1.54) is 12.8 Å². The molecule has 0 spiro atoms. The lowest BCUT2D eigenvalue weighted by Crippen LogP contribution is -2.36. The fourth-order valence-corrected chi connectivity index (χ4v) is 2.57. The van der Waals surface area contributed by atoms with E-state index in [0.29, 0.717) is 29.1 Å². The van der Waals surface area contributed by atoms with Crippen LogP contribution in [0, 0.1) is 0 Å². The molecule has 0 unspecified atom stereocenters. The number of carbonyl (C=O) groups is 1. The minimum atomic E-state index is -0.171. The SMILES string of the molecule is CCCOc1ccc(NC(=O)NC2CCCC2)cc1Cl. The van der Waals surface area contributed by atoms with Gasteiger partial charge in [0, 0.05) is 11.7 Å². The summed E-state index contributed by atoms with van der Waals surface area (Å²) < 4.78 is 5.49. The normalized spacial score (nSPS) is 15.1. The van der Waals surface area contributed by atoms with Gasteiger partial charge in [-0.05, 0) is 37.5 Å². The highest BCUT2D eigenvalue weighted by Gasteiger charge is 2.17. The molecule has 1 aliphatic rings. The summed E-state index contributed by atoms with van der Waals surface area (Å²) in [5, 5.41) is 6.29. The maximum Gasteiger partial charge on any atom is 0.319 e. The summed E-state index contributed by atoms with van der Waals surface area (Å²) in [6.45, 7) is 2.67. The molecule has 4 nitrogen and oxygen atoms in total. The number of urea groups is 1. The molecule has 2 N–H and O–H groups in total. The molecular weight excluding hydrogens is 276 g/mol. The summed E-state index contributed by atoms with van der Waals surface area (Å²) in [7, 11) is 0. The Labute approximate surface area is 124 Å². The van der Waals surface area contributed by atoms with Crippen molar-refractivity contribution in [1.82, 2.24) is 5.32 Å². The van der Waals surface area contributed by atoms with Crippen molar-refractivity contribution in [2.24, 2.45) is 0 Å². The molecule has 1 aliphatic carbocycles. The van der Waals surface area contributed by atoms with Gasteiger partial charge >= 0.3 is 6.03 Å². The van der Waals surface area contributed by atoms with Crippen LogP contribution in [0.3, 0.4) is 0 Å². The summed E-state index contributed by atoms with van der Waals surface area (Å²) in [4.78, 5) is 11.8. The highest BCUT2D eigenvalue weighted by Crippen LogP contribution is 2.27. The molecule has 5 heteroatoms. The quantitative estimate of drug-likeness (QED) is 0.856. The van der Waals surface area contributed by atoms with E-state index in [4.69, 9.17) is 16.3 Å². The Bertz CT molecular complexity index is 459. The maximum absolute atomic E-state index is 11.8. The molecule has 1 aromatic carbocycles. The third-order valence-corrected chi connectivity index (χ3v) is 3.64. The van der Waals surface area contributed by atoms with Crippen LogP contribution in [0.2, 0.25) is 5.02 Å². The average Bonchev–Trinajstić information content (AvgIpc) is 2.90. The van der Waals surface area contributed by atoms with E-state index in [1.54, 1.807) is 18.2 Å². The van der Waals surface area contributed by atoms with Gasteiger partial charge < -0.3 is 15.4 Å². The zero-order valence-corrected chi connectivity index (χ0v) is 12.5. The molecular formula is C15H21ClN2O2. The fourth-order valence-electron chi connectivity index (χ4n) is 2.33. The zero-order valence-electron chi connectivity index (χ0n) is 11.7. The van der Waals surface area contributed by atoms with Crippen molar-refractivity contribution in [3.8, 4) is 5.75 Å². The molecule has 1 saturated carbocycles. The average molecular weight is 297 g/mol. The van der Waals surface area contributed by atoms with Crippen LogP contribution in [0.1, 0.15) is 39.0 Å². The van der Waals surface area contributed by atoms with E-state index < -0.39 is 0 Å². The lowest BCUT2D eigenvalue weighted by atomic mass is 10.2. The summed E-state index contributed by atoms with van der Waals surface area (Å²) >= 11 is 6.12. The first-order valence-electron chi connectivity index (χ1n) is 7.19. The van der Waals surface area contributed by atoms with Crippen LogP contribution < -0.4 is 15.4 Å². The molecule has 110 valence electrons. The van der Waals surface area contributed by atoms with Gasteiger partial charge in [0.1, 0.15) is 5.75 Å². The van der Waals surface area contributed by atoms with Gasteiger partial charge in [0.25, 0.3) is 0 Å². The van der Waals surface area contributed by atoms with Crippen molar-refractivity contribution in [3.63, 3.8) is 0 Å². The van der Waals surface area contributed by atoms with Gasteiger partial charge in [0.15, 0.2) is 0 Å².